The molecule has 11 nitrogen and oxygen atoms in total. The molecule has 6 unspecified atom stereocenters. The summed E-state index contributed by atoms with van der Waals surface area (Å²) in [5.41, 5.74) is 1.35. The van der Waals surface area contributed by atoms with E-state index in [1.807, 2.05) is 12.1 Å². The number of nitrogens with zero attached hydrogens (tertiary/aromatic N) is 4. The molecular formula is C44H33Cl3F3N5O6. The molecule has 0 bridgehead atoms. The summed E-state index contributed by atoms with van der Waals surface area (Å²) in [6, 6.07) is 23.5. The number of carbonyl (C=O) groups excluding carboxylic acids is 4. The van der Waals surface area contributed by atoms with Gasteiger partial charge in [0.05, 0.1) is 46.0 Å². The summed E-state index contributed by atoms with van der Waals surface area (Å²) in [5.74, 6) is -8.23. The second kappa shape index (κ2) is 14.7. The highest BCUT2D eigenvalue weighted by atomic mass is 35.5. The van der Waals surface area contributed by atoms with Gasteiger partial charge in [0.1, 0.15) is 17.2 Å². The normalized spacial score (nSPS) is 24.7. The van der Waals surface area contributed by atoms with Gasteiger partial charge < -0.3 is 9.84 Å². The number of carbonyl (C=O) groups is 4. The number of halogens is 6. The summed E-state index contributed by atoms with van der Waals surface area (Å²) in [4.78, 5) is 63.5. The van der Waals surface area contributed by atoms with E-state index in [4.69, 9.17) is 39.5 Å². The number of alkyl halides is 3. The maximum absolute atomic E-state index is 15.6. The van der Waals surface area contributed by atoms with Crippen molar-refractivity contribution in [2.24, 2.45) is 23.7 Å². The first-order valence-corrected chi connectivity index (χ1v) is 20.2. The summed E-state index contributed by atoms with van der Waals surface area (Å²) >= 11 is 19.1. The van der Waals surface area contributed by atoms with E-state index >= 15 is 9.59 Å². The fraction of sp³-hybridized carbons (Fsp3) is 0.250. The van der Waals surface area contributed by atoms with Gasteiger partial charge in [-0.15, -0.1) is 0 Å². The van der Waals surface area contributed by atoms with Crippen molar-refractivity contribution in [1.29, 1.82) is 0 Å². The SMILES string of the molecule is COc1ccc(C23C(=O)N(Nc4ccc(Cl)cc4Cl)C(=O)C2CC2C(=CCC4C(=O)N(N(C)c5nc(C(F)(F)F)ccc5Cl)C(=O)C42)C3c2ccc3ccccc3c2O)cc1. The molecule has 0 radical (unpaired) electrons. The lowest BCUT2D eigenvalue weighted by molar-refractivity contribution is -0.142. The van der Waals surface area contributed by atoms with Gasteiger partial charge >= 0.3 is 6.18 Å². The number of phenols is 1. The second-order valence-electron chi connectivity index (χ2n) is 15.4. The number of amides is 4. The molecule has 1 aromatic heterocycles. The minimum atomic E-state index is -4.85. The van der Waals surface area contributed by atoms with E-state index in [2.05, 4.69) is 10.4 Å². The molecule has 5 aromatic rings. The number of aromatic hydroxyl groups is 1. The van der Waals surface area contributed by atoms with E-state index in [0.717, 1.165) is 21.1 Å². The number of hydrogen-bond donors (Lipinski definition) is 2. The number of nitrogens with one attached hydrogen (secondary N) is 1. The first kappa shape index (κ1) is 40.6. The van der Waals surface area contributed by atoms with Crippen LogP contribution in [0.3, 0.4) is 0 Å². The number of anilines is 2. The van der Waals surface area contributed by atoms with Crippen LogP contribution < -0.4 is 15.2 Å². The zero-order chi connectivity index (χ0) is 43.3. The molecular weight excluding hydrogens is 858 g/mol. The fourth-order valence-electron chi connectivity index (χ4n) is 9.88. The molecule has 61 heavy (non-hydrogen) atoms. The summed E-state index contributed by atoms with van der Waals surface area (Å²) < 4.78 is 46.8. The Morgan fingerprint density at radius 1 is 0.885 bits per heavy atom. The zero-order valence-electron chi connectivity index (χ0n) is 32.1. The lowest BCUT2D eigenvalue weighted by Gasteiger charge is -2.50. The molecule has 2 N–H and O–H groups in total. The largest absolute Gasteiger partial charge is 0.507 e. The third-order valence-corrected chi connectivity index (χ3v) is 13.4. The van der Waals surface area contributed by atoms with Crippen LogP contribution in [0.25, 0.3) is 10.8 Å². The van der Waals surface area contributed by atoms with Crippen LogP contribution in [0.2, 0.25) is 15.1 Å². The van der Waals surface area contributed by atoms with E-state index in [0.29, 0.717) is 44.3 Å². The van der Waals surface area contributed by atoms with Crippen LogP contribution in [0, 0.1) is 23.7 Å². The van der Waals surface area contributed by atoms with E-state index < -0.39 is 76.3 Å². The molecule has 3 fully saturated rings. The van der Waals surface area contributed by atoms with E-state index in [9.17, 15) is 27.9 Å². The average Bonchev–Trinajstić information content (AvgIpc) is 3.62. The maximum Gasteiger partial charge on any atom is 0.433 e. The monoisotopic (exact) mass is 889 g/mol. The van der Waals surface area contributed by atoms with Gasteiger partial charge in [-0.25, -0.2) is 4.98 Å². The van der Waals surface area contributed by atoms with Gasteiger partial charge in [-0.2, -0.15) is 23.2 Å². The van der Waals surface area contributed by atoms with Crippen molar-refractivity contribution in [3.63, 3.8) is 0 Å². The minimum Gasteiger partial charge on any atom is -0.507 e. The number of hydrogen-bond acceptors (Lipinski definition) is 9. The standard InChI is InChI=1S/C44H33Cl3F3N5O6/c1-53(38-31(46)16-18-34(51-38)44(48,49)50)55-39(57)27-15-14-26-29(35(27)41(55)59)20-30-40(58)54(52-33-17-10-23(45)19-32(33)47)42(60)43(30,22-8-11-24(61-2)12-9-22)36(26)28-13-7-21-5-3-4-6-25(21)37(28)56/h3-14,16-19,27,29-30,35-36,52,56H,15,20H2,1-2H3. The Hall–Kier alpha value is -5.83. The summed E-state index contributed by atoms with van der Waals surface area (Å²) in [7, 11) is 2.72. The molecule has 17 heteroatoms. The van der Waals surface area contributed by atoms with Crippen molar-refractivity contribution in [2.45, 2.75) is 30.4 Å². The highest BCUT2D eigenvalue weighted by molar-refractivity contribution is 6.36. The van der Waals surface area contributed by atoms with Crippen LogP contribution >= 0.6 is 34.8 Å². The van der Waals surface area contributed by atoms with Gasteiger partial charge in [0, 0.05) is 28.9 Å². The number of methoxy groups -OCH3 is 1. The van der Waals surface area contributed by atoms with Gasteiger partial charge in [0.15, 0.2) is 5.82 Å². The highest BCUT2D eigenvalue weighted by Gasteiger charge is 2.71. The predicted octanol–water partition coefficient (Wildman–Crippen LogP) is 8.96. The number of hydrazine groups is 2. The van der Waals surface area contributed by atoms with Crippen molar-refractivity contribution in [3.05, 3.63) is 135 Å². The quantitative estimate of drug-likeness (QED) is 0.121. The lowest BCUT2D eigenvalue weighted by Crippen LogP contribution is -2.53. The van der Waals surface area contributed by atoms with Crippen molar-refractivity contribution in [2.75, 3.05) is 24.6 Å². The van der Waals surface area contributed by atoms with Crippen LogP contribution in [0.1, 0.15) is 35.6 Å². The Morgan fingerprint density at radius 3 is 2.33 bits per heavy atom. The summed E-state index contributed by atoms with van der Waals surface area (Å²) in [6.45, 7) is 0. The third kappa shape index (κ3) is 6.12. The second-order valence-corrected chi connectivity index (χ2v) is 16.7. The first-order chi connectivity index (χ1) is 29.1. The smallest absolute Gasteiger partial charge is 0.433 e. The van der Waals surface area contributed by atoms with E-state index in [-0.39, 0.29) is 34.3 Å². The minimum absolute atomic E-state index is 0.00610. The molecule has 2 aliphatic carbocycles. The number of phenolic OH excluding ortho intramolecular Hbond substituents is 1. The lowest BCUT2D eigenvalue weighted by atomic mass is 9.49. The number of benzene rings is 4. The molecule has 4 aromatic carbocycles. The Balaban J connectivity index is 1.23. The first-order valence-electron chi connectivity index (χ1n) is 19.1. The maximum atomic E-state index is 15.6. The molecule has 2 saturated heterocycles. The van der Waals surface area contributed by atoms with Crippen LogP contribution in [0.4, 0.5) is 24.7 Å². The van der Waals surface area contributed by atoms with Crippen molar-refractivity contribution < 1.29 is 42.2 Å². The van der Waals surface area contributed by atoms with Crippen LogP contribution in [0.5, 0.6) is 11.5 Å². The number of fused-ring (bicyclic) bond motifs is 5. The zero-order valence-corrected chi connectivity index (χ0v) is 34.4. The van der Waals surface area contributed by atoms with Gasteiger partial charge in [-0.3, -0.25) is 29.6 Å². The molecule has 1 saturated carbocycles. The molecule has 4 aliphatic rings. The molecule has 3 heterocycles. The fourth-order valence-corrected chi connectivity index (χ4v) is 10.6. The predicted molar refractivity (Wildman–Crippen MR) is 221 cm³/mol. The number of ether oxygens (including phenoxy) is 1. The Morgan fingerprint density at radius 2 is 1.62 bits per heavy atom. The van der Waals surface area contributed by atoms with Crippen molar-refractivity contribution in [1.82, 2.24) is 15.0 Å². The third-order valence-electron chi connectivity index (χ3n) is 12.5. The van der Waals surface area contributed by atoms with Crippen LogP contribution in [-0.4, -0.2) is 57.9 Å². The molecule has 312 valence electrons. The van der Waals surface area contributed by atoms with Crippen LogP contribution in [0.15, 0.2) is 103 Å². The number of allylic oxidation sites excluding steroid dienone is 2. The Bertz CT molecular complexity index is 2730. The number of imide groups is 2. The van der Waals surface area contributed by atoms with E-state index in [1.54, 1.807) is 54.6 Å². The molecule has 0 spiro atoms. The number of rotatable bonds is 7. The Labute approximate surface area is 361 Å². The van der Waals surface area contributed by atoms with Crippen LogP contribution in [-0.2, 0) is 30.8 Å². The molecule has 4 amide bonds. The van der Waals surface area contributed by atoms with Crippen molar-refractivity contribution in [3.8, 4) is 11.5 Å². The Kier molecular flexibility index (Phi) is 9.76. The summed E-state index contributed by atoms with van der Waals surface area (Å²) in [6.07, 6.45) is -3.17. The van der Waals surface area contributed by atoms with Gasteiger partial charge in [0.2, 0.25) is 0 Å². The molecule has 6 atom stereocenters. The van der Waals surface area contributed by atoms with Gasteiger partial charge in [0.25, 0.3) is 23.6 Å². The van der Waals surface area contributed by atoms with Crippen molar-refractivity contribution >= 4 is 80.7 Å². The average molecular weight is 891 g/mol. The van der Waals surface area contributed by atoms with E-state index in [1.165, 1.54) is 32.4 Å². The van der Waals surface area contributed by atoms with Gasteiger partial charge in [-0.1, -0.05) is 95.0 Å². The summed E-state index contributed by atoms with van der Waals surface area (Å²) in [5, 5.41) is 16.2. The number of pyridine rings is 1. The topological polar surface area (TPSA) is 132 Å². The highest BCUT2D eigenvalue weighted by Crippen LogP contribution is 2.65. The molecule has 2 aliphatic heterocycles. The van der Waals surface area contributed by atoms with Gasteiger partial charge in [-0.05, 0) is 72.2 Å². The number of aromatic nitrogens is 1. The molecule has 9 rings (SSSR count).